The highest BCUT2D eigenvalue weighted by molar-refractivity contribution is 6.32. The molecule has 0 radical (unpaired) electrons. The summed E-state index contributed by atoms with van der Waals surface area (Å²) in [5, 5.41) is 5.33. The molecular formula is C28H24ClF4N5O3. The molecule has 1 aromatic heterocycles. The number of rotatable bonds is 9. The van der Waals surface area contributed by atoms with Gasteiger partial charge in [-0.25, -0.2) is 27.5 Å². The largest absolute Gasteiger partial charge is 0.354 e. The van der Waals surface area contributed by atoms with Gasteiger partial charge in [-0.05, 0) is 53.8 Å². The number of carbonyl (C=O) groups excluding carboxylic acids is 3. The van der Waals surface area contributed by atoms with Crippen LogP contribution in [0.1, 0.15) is 53.8 Å². The number of hydrogen-bond donors (Lipinski definition) is 2. The smallest absolute Gasteiger partial charge is 0.278 e. The van der Waals surface area contributed by atoms with Crippen molar-refractivity contribution in [2.24, 2.45) is 0 Å². The van der Waals surface area contributed by atoms with Crippen LogP contribution in [-0.2, 0) is 14.4 Å². The highest BCUT2D eigenvalue weighted by Crippen LogP contribution is 2.48. The van der Waals surface area contributed by atoms with Gasteiger partial charge in [0.25, 0.3) is 11.5 Å². The van der Waals surface area contributed by atoms with Crippen LogP contribution in [0, 0.1) is 5.82 Å². The number of halogens is 5. The highest BCUT2D eigenvalue weighted by atomic mass is 35.5. The van der Waals surface area contributed by atoms with E-state index in [-0.39, 0.29) is 48.9 Å². The quantitative estimate of drug-likeness (QED) is 0.271. The number of alkyl halides is 4. The predicted molar refractivity (Wildman–Crippen MR) is 142 cm³/mol. The van der Waals surface area contributed by atoms with Gasteiger partial charge in [-0.1, -0.05) is 23.7 Å². The zero-order valence-corrected chi connectivity index (χ0v) is 22.1. The monoisotopic (exact) mass is 589 g/mol. The molecule has 214 valence electrons. The summed E-state index contributed by atoms with van der Waals surface area (Å²) in [7, 11) is 0. The van der Waals surface area contributed by atoms with E-state index in [4.69, 9.17) is 11.6 Å². The van der Waals surface area contributed by atoms with Crippen molar-refractivity contribution in [1.29, 1.82) is 0 Å². The van der Waals surface area contributed by atoms with Crippen molar-refractivity contribution in [1.82, 2.24) is 15.3 Å². The van der Waals surface area contributed by atoms with Crippen LogP contribution in [0.15, 0.2) is 61.2 Å². The molecule has 2 N–H and O–H groups in total. The molecule has 0 saturated heterocycles. The maximum absolute atomic E-state index is 14.3. The third-order valence-corrected chi connectivity index (χ3v) is 7.44. The minimum Gasteiger partial charge on any atom is -0.354 e. The fourth-order valence-electron chi connectivity index (χ4n) is 5.20. The standard InChI is InChI=1S/C28H24ClF4N5O3/c29-24(31)27(41)38(19-4-1-15(2-5-19)16-10-28(32,33)11-16)23(17-12-34-14-35-13-17)26(40)36-8-7-20-21-9-18(30)3-6-22(21)37-25(20)39/h1-6,9,12-14,16,20,23-24H,7-8,10-11H2,(H,36,40)(H,37,39). The third kappa shape index (κ3) is 6.02. The summed E-state index contributed by atoms with van der Waals surface area (Å²) in [5.74, 6) is -6.65. The van der Waals surface area contributed by atoms with Gasteiger partial charge in [-0.3, -0.25) is 19.3 Å². The Hall–Kier alpha value is -4.06. The molecule has 1 aliphatic heterocycles. The molecule has 2 heterocycles. The third-order valence-electron chi connectivity index (χ3n) is 7.26. The van der Waals surface area contributed by atoms with Crippen LogP contribution < -0.4 is 15.5 Å². The van der Waals surface area contributed by atoms with E-state index < -0.39 is 41.1 Å². The zero-order chi connectivity index (χ0) is 29.3. The van der Waals surface area contributed by atoms with Crippen molar-refractivity contribution in [2.45, 2.75) is 48.7 Å². The summed E-state index contributed by atoms with van der Waals surface area (Å²) in [5.41, 5.74) is -0.713. The molecule has 13 heteroatoms. The van der Waals surface area contributed by atoms with Gasteiger partial charge in [0.1, 0.15) is 18.2 Å². The van der Waals surface area contributed by atoms with E-state index in [2.05, 4.69) is 20.6 Å². The summed E-state index contributed by atoms with van der Waals surface area (Å²) < 4.78 is 54.8. The topological polar surface area (TPSA) is 104 Å². The van der Waals surface area contributed by atoms with Crippen LogP contribution in [0.4, 0.5) is 28.9 Å². The molecule has 0 spiro atoms. The first-order chi connectivity index (χ1) is 19.5. The Morgan fingerprint density at radius 2 is 1.80 bits per heavy atom. The average molecular weight is 590 g/mol. The molecule has 3 aromatic rings. The normalized spacial score (nSPS) is 19.0. The van der Waals surface area contributed by atoms with Crippen LogP contribution in [0.25, 0.3) is 0 Å². The summed E-state index contributed by atoms with van der Waals surface area (Å²) in [4.78, 5) is 47.7. The first-order valence-corrected chi connectivity index (χ1v) is 13.2. The first-order valence-electron chi connectivity index (χ1n) is 12.8. The maximum Gasteiger partial charge on any atom is 0.278 e. The van der Waals surface area contributed by atoms with Gasteiger partial charge >= 0.3 is 0 Å². The van der Waals surface area contributed by atoms with E-state index in [1.165, 1.54) is 49.1 Å². The lowest BCUT2D eigenvalue weighted by atomic mass is 9.77. The van der Waals surface area contributed by atoms with Gasteiger partial charge in [0.2, 0.25) is 17.7 Å². The fourth-order valence-corrected chi connectivity index (χ4v) is 5.31. The number of nitrogens with one attached hydrogen (secondary N) is 2. The van der Waals surface area contributed by atoms with Crippen molar-refractivity contribution in [3.63, 3.8) is 0 Å². The number of carbonyl (C=O) groups is 3. The molecule has 0 bridgehead atoms. The van der Waals surface area contributed by atoms with E-state index in [9.17, 15) is 31.9 Å². The molecule has 3 unspecified atom stereocenters. The number of fused-ring (bicyclic) bond motifs is 1. The fraction of sp³-hybridized carbons (Fsp3) is 0.321. The lowest BCUT2D eigenvalue weighted by Gasteiger charge is -2.36. The lowest BCUT2D eigenvalue weighted by Crippen LogP contribution is -2.46. The Labute approximate surface area is 237 Å². The zero-order valence-electron chi connectivity index (χ0n) is 21.4. The SMILES string of the molecule is O=C1Nc2ccc(F)cc2C1CCNC(=O)C(c1cncnc1)N(C(=O)C(F)Cl)c1ccc(C2CC(F)(F)C2)cc1. The summed E-state index contributed by atoms with van der Waals surface area (Å²) in [6.45, 7) is -0.0478. The maximum atomic E-state index is 14.3. The molecule has 41 heavy (non-hydrogen) atoms. The van der Waals surface area contributed by atoms with E-state index in [1.807, 2.05) is 0 Å². The number of amides is 3. The van der Waals surface area contributed by atoms with Crippen molar-refractivity contribution in [3.8, 4) is 0 Å². The Bertz CT molecular complexity index is 1450. The Balaban J connectivity index is 1.39. The van der Waals surface area contributed by atoms with Gasteiger partial charge in [0, 0.05) is 48.7 Å². The molecule has 5 rings (SSSR count). The van der Waals surface area contributed by atoms with Crippen molar-refractivity contribution >= 4 is 40.7 Å². The van der Waals surface area contributed by atoms with E-state index in [0.717, 1.165) is 4.90 Å². The van der Waals surface area contributed by atoms with Crippen molar-refractivity contribution < 1.29 is 31.9 Å². The van der Waals surface area contributed by atoms with Crippen LogP contribution >= 0.6 is 11.6 Å². The molecule has 8 nitrogen and oxygen atoms in total. The number of hydrogen-bond acceptors (Lipinski definition) is 5. The van der Waals surface area contributed by atoms with E-state index in [0.29, 0.717) is 16.8 Å². The van der Waals surface area contributed by atoms with Crippen LogP contribution in [0.5, 0.6) is 0 Å². The predicted octanol–water partition coefficient (Wildman–Crippen LogP) is 4.98. The second-order valence-electron chi connectivity index (χ2n) is 9.99. The Morgan fingerprint density at radius 3 is 2.44 bits per heavy atom. The lowest BCUT2D eigenvalue weighted by molar-refractivity contribution is -0.127. The Kier molecular flexibility index (Phi) is 7.94. The molecule has 1 saturated carbocycles. The number of anilines is 2. The molecule has 3 amide bonds. The summed E-state index contributed by atoms with van der Waals surface area (Å²) in [6, 6.07) is 8.41. The van der Waals surface area contributed by atoms with Gasteiger partial charge < -0.3 is 10.6 Å². The minimum absolute atomic E-state index is 0.0478. The molecule has 3 atom stereocenters. The van der Waals surface area contributed by atoms with Gasteiger partial charge in [-0.15, -0.1) is 0 Å². The van der Waals surface area contributed by atoms with Crippen LogP contribution in [0.3, 0.4) is 0 Å². The van der Waals surface area contributed by atoms with E-state index in [1.54, 1.807) is 12.1 Å². The van der Waals surface area contributed by atoms with Crippen LogP contribution in [0.2, 0.25) is 0 Å². The van der Waals surface area contributed by atoms with E-state index >= 15 is 0 Å². The number of benzene rings is 2. The molecule has 2 aliphatic rings. The molecule has 1 fully saturated rings. The minimum atomic E-state index is -2.72. The second kappa shape index (κ2) is 11.4. The van der Waals surface area contributed by atoms with Crippen molar-refractivity contribution in [2.75, 3.05) is 16.8 Å². The second-order valence-corrected chi connectivity index (χ2v) is 10.4. The molecular weight excluding hydrogens is 566 g/mol. The van der Waals surface area contributed by atoms with Gasteiger partial charge in [0.15, 0.2) is 0 Å². The number of nitrogens with zero attached hydrogens (tertiary/aromatic N) is 3. The summed E-state index contributed by atoms with van der Waals surface area (Å²) >= 11 is 5.54. The van der Waals surface area contributed by atoms with Crippen molar-refractivity contribution in [3.05, 3.63) is 83.7 Å². The highest BCUT2D eigenvalue weighted by Gasteiger charge is 2.46. The van der Waals surface area contributed by atoms with Gasteiger partial charge in [0.05, 0.1) is 5.92 Å². The summed E-state index contributed by atoms with van der Waals surface area (Å²) in [6.07, 6.45) is 3.29. The average Bonchev–Trinajstić information content (AvgIpc) is 3.24. The van der Waals surface area contributed by atoms with Gasteiger partial charge in [-0.2, -0.15) is 0 Å². The molecule has 1 aliphatic carbocycles. The first kappa shape index (κ1) is 28.5. The van der Waals surface area contributed by atoms with Crippen LogP contribution in [-0.4, -0.2) is 45.8 Å². The molecule has 2 aromatic carbocycles. The Morgan fingerprint density at radius 1 is 1.12 bits per heavy atom. The number of aromatic nitrogens is 2.